The van der Waals surface area contributed by atoms with Crippen LogP contribution < -0.4 is 10.6 Å². The smallest absolute Gasteiger partial charge is 0.128 e. The number of nitrogens with two attached hydrogens (primary N) is 1. The maximum atomic E-state index is 5.60. The molecule has 2 rings (SSSR count). The lowest BCUT2D eigenvalue weighted by atomic mass is 10.3. The minimum atomic E-state index is 0.690. The van der Waals surface area contributed by atoms with Gasteiger partial charge in [0.1, 0.15) is 5.82 Å². The molecule has 3 nitrogen and oxygen atoms in total. The van der Waals surface area contributed by atoms with Crippen LogP contribution in [0, 0.1) is 0 Å². The van der Waals surface area contributed by atoms with E-state index in [1.54, 1.807) is 17.5 Å². The molecule has 0 atom stereocenters. The van der Waals surface area contributed by atoms with Crippen molar-refractivity contribution in [2.75, 3.05) is 17.7 Å². The fraction of sp³-hybridized carbons (Fsp3) is 0.182. The summed E-state index contributed by atoms with van der Waals surface area (Å²) in [6, 6.07) is 5.91. The van der Waals surface area contributed by atoms with Crippen LogP contribution in [0.15, 0.2) is 33.6 Å². The standard InChI is InChI=1S/C11H12BrN3S/c1-15(6-8-4-10(12)16-7-8)11-3-2-9(13)5-14-11/h2-5,7H,6,13H2,1H3. The van der Waals surface area contributed by atoms with Crippen LogP contribution in [-0.4, -0.2) is 12.0 Å². The second-order valence-corrected chi connectivity index (χ2v) is 5.86. The maximum Gasteiger partial charge on any atom is 0.128 e. The summed E-state index contributed by atoms with van der Waals surface area (Å²) >= 11 is 5.15. The van der Waals surface area contributed by atoms with Gasteiger partial charge in [0.2, 0.25) is 0 Å². The molecule has 0 bridgehead atoms. The summed E-state index contributed by atoms with van der Waals surface area (Å²) in [6.45, 7) is 0.846. The molecule has 0 aliphatic rings. The van der Waals surface area contributed by atoms with Crippen LogP contribution in [-0.2, 0) is 6.54 Å². The zero-order valence-corrected chi connectivity index (χ0v) is 11.3. The number of hydrogen-bond acceptors (Lipinski definition) is 4. The quantitative estimate of drug-likeness (QED) is 0.946. The van der Waals surface area contributed by atoms with E-state index in [9.17, 15) is 0 Å². The summed E-state index contributed by atoms with van der Waals surface area (Å²) in [7, 11) is 2.02. The van der Waals surface area contributed by atoms with Crippen molar-refractivity contribution in [3.63, 3.8) is 0 Å². The first-order valence-electron chi connectivity index (χ1n) is 4.81. The van der Waals surface area contributed by atoms with Crippen LogP contribution in [0.5, 0.6) is 0 Å². The molecular weight excluding hydrogens is 286 g/mol. The van der Waals surface area contributed by atoms with E-state index >= 15 is 0 Å². The Morgan fingerprint density at radius 3 is 2.88 bits per heavy atom. The van der Waals surface area contributed by atoms with Crippen LogP contribution in [0.2, 0.25) is 0 Å². The lowest BCUT2D eigenvalue weighted by Crippen LogP contribution is -2.17. The topological polar surface area (TPSA) is 42.1 Å². The second-order valence-electron chi connectivity index (χ2n) is 3.56. The van der Waals surface area contributed by atoms with Crippen molar-refractivity contribution in [2.24, 2.45) is 0 Å². The van der Waals surface area contributed by atoms with Gasteiger partial charge in [0.25, 0.3) is 0 Å². The van der Waals surface area contributed by atoms with Gasteiger partial charge >= 0.3 is 0 Å². The second kappa shape index (κ2) is 4.84. The third kappa shape index (κ3) is 2.74. The lowest BCUT2D eigenvalue weighted by Gasteiger charge is -2.17. The molecule has 2 aromatic heterocycles. The summed E-state index contributed by atoms with van der Waals surface area (Å²) < 4.78 is 1.15. The number of thiophene rings is 1. The van der Waals surface area contributed by atoms with E-state index in [2.05, 4.69) is 37.3 Å². The first kappa shape index (κ1) is 11.4. The highest BCUT2D eigenvalue weighted by atomic mass is 79.9. The first-order chi connectivity index (χ1) is 7.65. The monoisotopic (exact) mass is 297 g/mol. The molecule has 0 unspecified atom stereocenters. The fourth-order valence-corrected chi connectivity index (χ4v) is 2.61. The molecule has 0 aliphatic heterocycles. The van der Waals surface area contributed by atoms with Gasteiger partial charge in [-0.2, -0.15) is 0 Å². The van der Waals surface area contributed by atoms with Gasteiger partial charge in [-0.25, -0.2) is 4.98 Å². The number of aromatic nitrogens is 1. The third-order valence-electron chi connectivity index (χ3n) is 2.20. The van der Waals surface area contributed by atoms with Crippen molar-refractivity contribution in [1.82, 2.24) is 4.98 Å². The van der Waals surface area contributed by atoms with Crippen molar-refractivity contribution in [1.29, 1.82) is 0 Å². The van der Waals surface area contributed by atoms with Gasteiger partial charge in [-0.1, -0.05) is 0 Å². The minimum Gasteiger partial charge on any atom is -0.397 e. The Labute approximate surface area is 107 Å². The van der Waals surface area contributed by atoms with Gasteiger partial charge in [0.05, 0.1) is 15.7 Å². The molecule has 84 valence electrons. The summed E-state index contributed by atoms with van der Waals surface area (Å²) in [6.07, 6.45) is 1.68. The zero-order chi connectivity index (χ0) is 11.5. The van der Waals surface area contributed by atoms with Crippen LogP contribution >= 0.6 is 27.3 Å². The van der Waals surface area contributed by atoms with E-state index in [4.69, 9.17) is 5.73 Å². The molecule has 16 heavy (non-hydrogen) atoms. The van der Waals surface area contributed by atoms with Crippen LogP contribution in [0.1, 0.15) is 5.56 Å². The molecule has 0 fully saturated rings. The molecule has 2 aromatic rings. The molecule has 5 heteroatoms. The number of rotatable bonds is 3. The Morgan fingerprint density at radius 2 is 2.31 bits per heavy atom. The predicted molar refractivity (Wildman–Crippen MR) is 72.8 cm³/mol. The molecule has 2 heterocycles. The normalized spacial score (nSPS) is 10.4. The van der Waals surface area contributed by atoms with Crippen LogP contribution in [0.25, 0.3) is 0 Å². The molecule has 0 spiro atoms. The highest BCUT2D eigenvalue weighted by Gasteiger charge is 2.04. The largest absolute Gasteiger partial charge is 0.397 e. The average Bonchev–Trinajstić information content (AvgIpc) is 2.65. The van der Waals surface area contributed by atoms with E-state index < -0.39 is 0 Å². The Hall–Kier alpha value is -1.07. The molecule has 0 radical (unpaired) electrons. The summed E-state index contributed by atoms with van der Waals surface area (Å²) in [4.78, 5) is 6.36. The number of halogens is 1. The molecule has 0 aliphatic carbocycles. The van der Waals surface area contributed by atoms with Crippen LogP contribution in [0.3, 0.4) is 0 Å². The molecule has 0 saturated carbocycles. The van der Waals surface area contributed by atoms with Crippen molar-refractivity contribution in [3.8, 4) is 0 Å². The van der Waals surface area contributed by atoms with Gasteiger partial charge in [0.15, 0.2) is 0 Å². The zero-order valence-electron chi connectivity index (χ0n) is 8.85. The number of nitrogen functional groups attached to an aromatic ring is 1. The Balaban J connectivity index is 2.08. The SMILES string of the molecule is CN(Cc1csc(Br)c1)c1ccc(N)cn1. The summed E-state index contributed by atoms with van der Waals surface area (Å²) in [5, 5.41) is 2.14. The Bertz CT molecular complexity index is 466. The molecule has 0 saturated heterocycles. The molecule has 0 amide bonds. The van der Waals surface area contributed by atoms with E-state index in [1.165, 1.54) is 5.56 Å². The molecule has 0 aromatic carbocycles. The first-order valence-corrected chi connectivity index (χ1v) is 6.48. The molecule has 2 N–H and O–H groups in total. The van der Waals surface area contributed by atoms with Crippen molar-refractivity contribution < 1.29 is 0 Å². The average molecular weight is 298 g/mol. The maximum absolute atomic E-state index is 5.60. The van der Waals surface area contributed by atoms with Crippen molar-refractivity contribution in [2.45, 2.75) is 6.54 Å². The Morgan fingerprint density at radius 1 is 1.50 bits per heavy atom. The van der Waals surface area contributed by atoms with E-state index in [0.717, 1.165) is 16.1 Å². The number of anilines is 2. The molecular formula is C11H12BrN3S. The number of pyridine rings is 1. The summed E-state index contributed by atoms with van der Waals surface area (Å²) in [5.41, 5.74) is 7.56. The lowest BCUT2D eigenvalue weighted by molar-refractivity contribution is 0.902. The number of hydrogen-bond donors (Lipinski definition) is 1. The van der Waals surface area contributed by atoms with Gasteiger partial charge in [0, 0.05) is 13.6 Å². The van der Waals surface area contributed by atoms with Gasteiger partial charge in [-0.15, -0.1) is 11.3 Å². The predicted octanol–water partition coefficient (Wildman–Crippen LogP) is 3.12. The van der Waals surface area contributed by atoms with Crippen molar-refractivity contribution >= 4 is 38.8 Å². The van der Waals surface area contributed by atoms with Gasteiger partial charge in [-0.3, -0.25) is 0 Å². The van der Waals surface area contributed by atoms with Crippen LogP contribution in [0.4, 0.5) is 11.5 Å². The highest BCUT2D eigenvalue weighted by Crippen LogP contribution is 2.22. The van der Waals surface area contributed by atoms with E-state index in [1.807, 2.05) is 19.2 Å². The highest BCUT2D eigenvalue weighted by molar-refractivity contribution is 9.11. The summed E-state index contributed by atoms with van der Waals surface area (Å²) in [5.74, 6) is 0.927. The number of nitrogens with zero attached hydrogens (tertiary/aromatic N) is 2. The van der Waals surface area contributed by atoms with E-state index in [0.29, 0.717) is 5.69 Å². The minimum absolute atomic E-state index is 0.690. The fourth-order valence-electron chi connectivity index (χ4n) is 1.41. The van der Waals surface area contributed by atoms with Gasteiger partial charge in [-0.05, 0) is 45.1 Å². The van der Waals surface area contributed by atoms with Crippen molar-refractivity contribution in [3.05, 3.63) is 39.1 Å². The Kier molecular flexibility index (Phi) is 3.46. The van der Waals surface area contributed by atoms with E-state index in [-0.39, 0.29) is 0 Å². The van der Waals surface area contributed by atoms with Gasteiger partial charge < -0.3 is 10.6 Å². The third-order valence-corrected chi connectivity index (χ3v) is 3.76.